The Balaban J connectivity index is 1.88. The third-order valence-electron chi connectivity index (χ3n) is 4.48. The average molecular weight is 414 g/mol. The highest BCUT2D eigenvalue weighted by Gasteiger charge is 2.38. The number of carbonyl (C=O) groups excluding carboxylic acids is 2. The van der Waals surface area contributed by atoms with Crippen molar-refractivity contribution in [2.45, 2.75) is 6.61 Å². The van der Waals surface area contributed by atoms with Crippen molar-refractivity contribution in [3.63, 3.8) is 0 Å². The van der Waals surface area contributed by atoms with Gasteiger partial charge in [0.15, 0.2) is 5.82 Å². The Morgan fingerprint density at radius 2 is 1.90 bits per heavy atom. The van der Waals surface area contributed by atoms with E-state index >= 15 is 4.39 Å². The van der Waals surface area contributed by atoms with E-state index in [-0.39, 0.29) is 29.0 Å². The molecule has 0 radical (unpaired) electrons. The Labute approximate surface area is 165 Å². The van der Waals surface area contributed by atoms with E-state index in [0.29, 0.717) is 16.0 Å². The van der Waals surface area contributed by atoms with E-state index in [2.05, 4.69) is 0 Å². The summed E-state index contributed by atoms with van der Waals surface area (Å²) < 4.78 is 48.3. The average Bonchev–Trinajstić information content (AvgIpc) is 2.98. The Morgan fingerprint density at radius 1 is 1.14 bits per heavy atom. The van der Waals surface area contributed by atoms with Gasteiger partial charge in [-0.1, -0.05) is 42.5 Å². The van der Waals surface area contributed by atoms with Gasteiger partial charge >= 0.3 is 10.2 Å². The fourth-order valence-corrected chi connectivity index (χ4v) is 4.29. The van der Waals surface area contributed by atoms with Gasteiger partial charge in [0.05, 0.1) is 0 Å². The second-order valence-corrected chi connectivity index (χ2v) is 8.04. The number of halogens is 1. The molecule has 0 aliphatic carbocycles. The minimum atomic E-state index is -4.26. The van der Waals surface area contributed by atoms with Crippen LogP contribution in [0.3, 0.4) is 0 Å². The number of hydrogen-bond donors (Lipinski definition) is 1. The molecule has 1 N–H and O–H groups in total. The normalized spacial score (nSPS) is 15.3. The lowest BCUT2D eigenvalue weighted by Gasteiger charge is -2.21. The molecule has 0 bridgehead atoms. The molecule has 7 nitrogen and oxygen atoms in total. The molecule has 0 atom stereocenters. The van der Waals surface area contributed by atoms with Gasteiger partial charge in [-0.05, 0) is 23.1 Å². The van der Waals surface area contributed by atoms with Crippen LogP contribution in [0.25, 0.3) is 10.8 Å². The maximum Gasteiger partial charge on any atom is 0.326 e. The summed E-state index contributed by atoms with van der Waals surface area (Å²) in [4.78, 5) is 22.7. The van der Waals surface area contributed by atoms with Gasteiger partial charge in [-0.15, -0.1) is 0 Å². The molecule has 0 saturated carbocycles. The van der Waals surface area contributed by atoms with Gasteiger partial charge < -0.3 is 4.74 Å². The van der Waals surface area contributed by atoms with Crippen LogP contribution in [0.1, 0.15) is 15.9 Å². The second kappa shape index (κ2) is 7.17. The standard InChI is InChI=1S/C20H15FN2O5S/c21-19-16-8-14(11-24)6-7-15(16)9-17(28-12-13-4-2-1-3-5-13)20(19)23-10-18(25)22-29(23,26)27/h1-9,11H,10,12H2,(H,22,25). The lowest BCUT2D eigenvalue weighted by atomic mass is 10.0. The number of hydrogen-bond acceptors (Lipinski definition) is 5. The minimum Gasteiger partial charge on any atom is -0.487 e. The highest BCUT2D eigenvalue weighted by atomic mass is 32.2. The first-order chi connectivity index (χ1) is 13.9. The van der Waals surface area contributed by atoms with Crippen LogP contribution in [-0.2, 0) is 21.6 Å². The highest BCUT2D eigenvalue weighted by molar-refractivity contribution is 7.92. The van der Waals surface area contributed by atoms with Gasteiger partial charge in [-0.3, -0.25) is 9.59 Å². The molecule has 1 aliphatic rings. The first kappa shape index (κ1) is 18.9. The van der Waals surface area contributed by atoms with Crippen molar-refractivity contribution in [2.24, 2.45) is 0 Å². The Morgan fingerprint density at radius 3 is 2.55 bits per heavy atom. The summed E-state index contributed by atoms with van der Waals surface area (Å²) in [6.07, 6.45) is 0.566. The molecule has 0 spiro atoms. The van der Waals surface area contributed by atoms with E-state index in [1.54, 1.807) is 6.07 Å². The topological polar surface area (TPSA) is 92.8 Å². The molecule has 3 aromatic rings. The number of carbonyl (C=O) groups is 2. The molecule has 1 fully saturated rings. The van der Waals surface area contributed by atoms with Crippen LogP contribution in [-0.4, -0.2) is 27.2 Å². The number of anilines is 1. The summed E-state index contributed by atoms with van der Waals surface area (Å²) >= 11 is 0. The van der Waals surface area contributed by atoms with E-state index in [4.69, 9.17) is 4.74 Å². The van der Waals surface area contributed by atoms with Crippen molar-refractivity contribution in [3.05, 3.63) is 71.5 Å². The summed E-state index contributed by atoms with van der Waals surface area (Å²) in [5.41, 5.74) is 0.655. The van der Waals surface area contributed by atoms with Crippen LogP contribution in [0.4, 0.5) is 10.1 Å². The zero-order chi connectivity index (χ0) is 20.6. The predicted octanol–water partition coefficient (Wildman–Crippen LogP) is 2.55. The van der Waals surface area contributed by atoms with E-state index in [9.17, 15) is 18.0 Å². The predicted molar refractivity (Wildman–Crippen MR) is 104 cm³/mol. The molecule has 0 unspecified atom stereocenters. The maximum absolute atomic E-state index is 15.5. The van der Waals surface area contributed by atoms with Crippen molar-refractivity contribution in [1.82, 2.24) is 4.72 Å². The van der Waals surface area contributed by atoms with Crippen LogP contribution in [0.15, 0.2) is 54.6 Å². The minimum absolute atomic E-state index is 0.0298. The number of benzene rings is 3. The molecular weight excluding hydrogens is 399 g/mol. The number of amides is 1. The molecule has 0 aromatic heterocycles. The summed E-state index contributed by atoms with van der Waals surface area (Å²) in [5.74, 6) is -1.70. The molecule has 1 amide bonds. The smallest absolute Gasteiger partial charge is 0.326 e. The molecular formula is C20H15FN2O5S. The largest absolute Gasteiger partial charge is 0.487 e. The summed E-state index contributed by atoms with van der Waals surface area (Å²) in [6, 6.07) is 15.0. The molecule has 29 heavy (non-hydrogen) atoms. The zero-order valence-electron chi connectivity index (χ0n) is 15.0. The molecule has 1 aliphatic heterocycles. The fourth-order valence-electron chi connectivity index (χ4n) is 3.13. The van der Waals surface area contributed by atoms with Crippen LogP contribution < -0.4 is 13.8 Å². The fraction of sp³-hybridized carbons (Fsp3) is 0.100. The van der Waals surface area contributed by atoms with E-state index < -0.39 is 28.5 Å². The van der Waals surface area contributed by atoms with Crippen LogP contribution in [0.2, 0.25) is 0 Å². The lowest BCUT2D eigenvalue weighted by molar-refractivity contribution is -0.117. The van der Waals surface area contributed by atoms with Crippen molar-refractivity contribution in [1.29, 1.82) is 0 Å². The van der Waals surface area contributed by atoms with E-state index in [1.807, 2.05) is 35.1 Å². The third-order valence-corrected chi connectivity index (χ3v) is 5.86. The monoisotopic (exact) mass is 414 g/mol. The van der Waals surface area contributed by atoms with Gasteiger partial charge in [-0.25, -0.2) is 13.4 Å². The highest BCUT2D eigenvalue weighted by Crippen LogP contribution is 2.39. The van der Waals surface area contributed by atoms with Crippen LogP contribution in [0, 0.1) is 5.82 Å². The maximum atomic E-state index is 15.5. The summed E-state index contributed by atoms with van der Waals surface area (Å²) in [7, 11) is -4.26. The van der Waals surface area contributed by atoms with Crippen molar-refractivity contribution < 1.29 is 27.1 Å². The number of nitrogens with zero attached hydrogens (tertiary/aromatic N) is 1. The molecule has 9 heteroatoms. The molecule has 4 rings (SSSR count). The van der Waals surface area contributed by atoms with Gasteiger partial charge in [0.1, 0.15) is 30.9 Å². The van der Waals surface area contributed by atoms with Crippen LogP contribution in [0.5, 0.6) is 5.75 Å². The lowest BCUT2D eigenvalue weighted by Crippen LogP contribution is -2.30. The number of rotatable bonds is 5. The number of nitrogens with one attached hydrogen (secondary N) is 1. The van der Waals surface area contributed by atoms with Crippen LogP contribution >= 0.6 is 0 Å². The molecule has 148 valence electrons. The Kier molecular flexibility index (Phi) is 4.67. The van der Waals surface area contributed by atoms with E-state index in [1.165, 1.54) is 18.2 Å². The number of ether oxygens (including phenoxy) is 1. The van der Waals surface area contributed by atoms with Crippen molar-refractivity contribution in [3.8, 4) is 5.75 Å². The van der Waals surface area contributed by atoms with Gasteiger partial charge in [0.2, 0.25) is 0 Å². The van der Waals surface area contributed by atoms with Gasteiger partial charge in [0, 0.05) is 10.9 Å². The van der Waals surface area contributed by atoms with Gasteiger partial charge in [0.25, 0.3) is 5.91 Å². The quantitative estimate of drug-likeness (QED) is 0.648. The first-order valence-electron chi connectivity index (χ1n) is 8.60. The first-order valence-corrected chi connectivity index (χ1v) is 10.0. The molecule has 1 saturated heterocycles. The van der Waals surface area contributed by atoms with Crippen molar-refractivity contribution in [2.75, 3.05) is 10.8 Å². The Bertz CT molecular complexity index is 1230. The number of fused-ring (bicyclic) bond motifs is 1. The molecule has 3 aromatic carbocycles. The molecule has 1 heterocycles. The Hall–Kier alpha value is -3.46. The summed E-state index contributed by atoms with van der Waals surface area (Å²) in [6.45, 7) is -0.500. The second-order valence-electron chi connectivity index (χ2n) is 6.45. The van der Waals surface area contributed by atoms with Gasteiger partial charge in [-0.2, -0.15) is 8.42 Å². The third kappa shape index (κ3) is 3.52. The zero-order valence-corrected chi connectivity index (χ0v) is 15.8. The SMILES string of the molecule is O=Cc1ccc2cc(OCc3ccccc3)c(N3CC(=O)NS3(=O)=O)c(F)c2c1. The summed E-state index contributed by atoms with van der Waals surface area (Å²) in [5, 5.41) is 0.474. The van der Waals surface area contributed by atoms with Crippen molar-refractivity contribution >= 4 is 38.9 Å². The number of aldehydes is 1. The van der Waals surface area contributed by atoms with E-state index in [0.717, 1.165) is 5.56 Å².